The standard InChI is InChI=1S/C35H31F3N2O6/c1-19-17-25-23(10-12-27(40-25)44-18-20-5-7-22(8-6-20)45-35(36,37)38)30(28(19)32(33(41)42)46-34(2,3)4)24-9-11-26-29-21(14-16-43-26)13-15-39-31(24)29/h5-13,15,17,32H,14,16,18H2,1-4H3,(H,41,42). The van der Waals surface area contributed by atoms with E-state index in [1.54, 1.807) is 18.3 Å². The molecule has 0 spiro atoms. The second kappa shape index (κ2) is 11.8. The lowest BCUT2D eigenvalue weighted by Gasteiger charge is -2.29. The van der Waals surface area contributed by atoms with Gasteiger partial charge in [0.25, 0.3) is 0 Å². The number of halogens is 3. The molecule has 2 aromatic heterocycles. The minimum absolute atomic E-state index is 0.0496. The van der Waals surface area contributed by atoms with Crippen LogP contribution in [0.5, 0.6) is 17.4 Å². The van der Waals surface area contributed by atoms with Crippen molar-refractivity contribution in [3.63, 3.8) is 0 Å². The largest absolute Gasteiger partial charge is 0.573 e. The number of rotatable bonds is 8. The van der Waals surface area contributed by atoms with E-state index in [1.807, 2.05) is 52.0 Å². The number of hydrogen-bond donors (Lipinski definition) is 1. The third kappa shape index (κ3) is 6.41. The SMILES string of the molecule is Cc1cc2nc(OCc3ccc(OC(F)(F)F)cc3)ccc2c(-c2ccc3c4c(ccnc24)CCO3)c1C(OC(C)(C)C)C(=O)O. The molecule has 1 atom stereocenters. The predicted molar refractivity (Wildman–Crippen MR) is 165 cm³/mol. The van der Waals surface area contributed by atoms with E-state index < -0.39 is 24.0 Å². The molecule has 0 aliphatic carbocycles. The van der Waals surface area contributed by atoms with Gasteiger partial charge in [-0.1, -0.05) is 12.1 Å². The topological polar surface area (TPSA) is 100 Å². The van der Waals surface area contributed by atoms with E-state index >= 15 is 0 Å². The highest BCUT2D eigenvalue weighted by atomic mass is 19.4. The van der Waals surface area contributed by atoms with Gasteiger partial charge in [-0.2, -0.15) is 0 Å². The molecule has 46 heavy (non-hydrogen) atoms. The molecule has 238 valence electrons. The summed E-state index contributed by atoms with van der Waals surface area (Å²) in [6, 6.07) is 16.4. The van der Waals surface area contributed by atoms with Crippen molar-refractivity contribution >= 4 is 27.8 Å². The molecule has 0 fully saturated rings. The van der Waals surface area contributed by atoms with Gasteiger partial charge >= 0.3 is 12.3 Å². The first-order valence-electron chi connectivity index (χ1n) is 14.6. The number of ether oxygens (including phenoxy) is 4. The lowest BCUT2D eigenvalue weighted by Crippen LogP contribution is -2.28. The molecule has 3 aromatic carbocycles. The first kappa shape index (κ1) is 31.1. The summed E-state index contributed by atoms with van der Waals surface area (Å²) in [4.78, 5) is 22.3. The molecule has 1 aliphatic rings. The van der Waals surface area contributed by atoms with Crippen LogP contribution in [0.15, 0.2) is 66.9 Å². The Kier molecular flexibility index (Phi) is 7.97. The van der Waals surface area contributed by atoms with Crippen LogP contribution in [0.1, 0.15) is 49.1 Å². The van der Waals surface area contributed by atoms with Gasteiger partial charge in [0, 0.05) is 40.6 Å². The van der Waals surface area contributed by atoms with Crippen LogP contribution in [0.25, 0.3) is 32.9 Å². The molecular weight excluding hydrogens is 601 g/mol. The average Bonchev–Trinajstić information content (AvgIpc) is 2.98. The normalized spacial score (nSPS) is 13.8. The predicted octanol–water partition coefficient (Wildman–Crippen LogP) is 8.11. The van der Waals surface area contributed by atoms with Crippen molar-refractivity contribution in [2.75, 3.05) is 6.61 Å². The fourth-order valence-electron chi connectivity index (χ4n) is 5.75. The Morgan fingerprint density at radius 2 is 1.80 bits per heavy atom. The Bertz CT molecular complexity index is 1940. The van der Waals surface area contributed by atoms with Crippen molar-refractivity contribution in [1.29, 1.82) is 0 Å². The Hall–Kier alpha value is -4.90. The van der Waals surface area contributed by atoms with E-state index in [0.717, 1.165) is 28.7 Å². The number of hydrogen-bond acceptors (Lipinski definition) is 7. The molecule has 1 N–H and O–H groups in total. The first-order valence-corrected chi connectivity index (χ1v) is 14.6. The van der Waals surface area contributed by atoms with Gasteiger partial charge in [0.15, 0.2) is 6.10 Å². The molecule has 5 aromatic rings. The summed E-state index contributed by atoms with van der Waals surface area (Å²) in [6.07, 6.45) is -3.59. The first-order chi connectivity index (χ1) is 21.8. The van der Waals surface area contributed by atoms with Crippen molar-refractivity contribution in [3.8, 4) is 28.5 Å². The van der Waals surface area contributed by atoms with Gasteiger partial charge in [-0.25, -0.2) is 9.78 Å². The number of benzene rings is 3. The molecule has 1 unspecified atom stereocenters. The van der Waals surface area contributed by atoms with Crippen LogP contribution in [0.4, 0.5) is 13.2 Å². The number of pyridine rings is 2. The molecule has 0 saturated carbocycles. The number of carboxylic acid groups (broad SMARTS) is 1. The van der Waals surface area contributed by atoms with Crippen LogP contribution in [0.2, 0.25) is 0 Å². The zero-order valence-corrected chi connectivity index (χ0v) is 25.6. The molecule has 0 bridgehead atoms. The highest BCUT2D eigenvalue weighted by Crippen LogP contribution is 2.45. The van der Waals surface area contributed by atoms with E-state index in [4.69, 9.17) is 24.2 Å². The monoisotopic (exact) mass is 632 g/mol. The van der Waals surface area contributed by atoms with Crippen molar-refractivity contribution < 1.29 is 42.0 Å². The van der Waals surface area contributed by atoms with Crippen molar-refractivity contribution in [2.45, 2.75) is 58.8 Å². The second-order valence-electron chi connectivity index (χ2n) is 12.0. The number of carboxylic acids is 1. The third-order valence-corrected chi connectivity index (χ3v) is 7.56. The molecule has 0 radical (unpaired) electrons. The van der Waals surface area contributed by atoms with Gasteiger partial charge < -0.3 is 24.1 Å². The Morgan fingerprint density at radius 3 is 2.50 bits per heavy atom. The van der Waals surface area contributed by atoms with Crippen LogP contribution in [0.3, 0.4) is 0 Å². The Morgan fingerprint density at radius 1 is 1.04 bits per heavy atom. The van der Waals surface area contributed by atoms with Gasteiger partial charge in [0.05, 0.1) is 23.2 Å². The number of aromatic nitrogens is 2. The van der Waals surface area contributed by atoms with Crippen LogP contribution in [-0.2, 0) is 22.6 Å². The Balaban J connectivity index is 1.46. The summed E-state index contributed by atoms with van der Waals surface area (Å²) >= 11 is 0. The van der Waals surface area contributed by atoms with Crippen molar-refractivity contribution in [2.24, 2.45) is 0 Å². The molecule has 6 rings (SSSR count). The number of fused-ring (bicyclic) bond motifs is 1. The van der Waals surface area contributed by atoms with Crippen LogP contribution in [0, 0.1) is 6.92 Å². The number of alkyl halides is 3. The minimum atomic E-state index is -4.77. The molecule has 3 heterocycles. The van der Waals surface area contributed by atoms with Crippen molar-refractivity contribution in [3.05, 3.63) is 89.1 Å². The maximum absolute atomic E-state index is 12.8. The van der Waals surface area contributed by atoms with E-state index in [0.29, 0.717) is 45.3 Å². The smallest absolute Gasteiger partial charge is 0.493 e. The number of nitrogens with zero attached hydrogens (tertiary/aromatic N) is 2. The zero-order chi connectivity index (χ0) is 32.8. The quantitative estimate of drug-likeness (QED) is 0.183. The minimum Gasteiger partial charge on any atom is -0.493 e. The lowest BCUT2D eigenvalue weighted by atomic mass is 9.86. The molecule has 0 saturated heterocycles. The maximum atomic E-state index is 12.8. The van der Waals surface area contributed by atoms with Gasteiger partial charge in [-0.15, -0.1) is 13.2 Å². The van der Waals surface area contributed by atoms with E-state index in [1.165, 1.54) is 24.3 Å². The summed E-state index contributed by atoms with van der Waals surface area (Å²) in [6.45, 7) is 7.85. The highest BCUT2D eigenvalue weighted by Gasteiger charge is 2.33. The fraction of sp³-hybridized carbons (Fsp3) is 0.286. The number of aliphatic carboxylic acids is 1. The second-order valence-corrected chi connectivity index (χ2v) is 12.0. The maximum Gasteiger partial charge on any atom is 0.573 e. The molecular formula is C35H31F3N2O6. The van der Waals surface area contributed by atoms with E-state index in [-0.39, 0.29) is 18.2 Å². The average molecular weight is 633 g/mol. The van der Waals surface area contributed by atoms with Crippen LogP contribution >= 0.6 is 0 Å². The van der Waals surface area contributed by atoms with Gasteiger partial charge in [0.2, 0.25) is 5.88 Å². The zero-order valence-electron chi connectivity index (χ0n) is 25.6. The number of aryl methyl sites for hydroxylation is 1. The third-order valence-electron chi connectivity index (χ3n) is 7.56. The molecule has 8 nitrogen and oxygen atoms in total. The summed E-state index contributed by atoms with van der Waals surface area (Å²) in [5.74, 6) is -0.449. The van der Waals surface area contributed by atoms with E-state index in [2.05, 4.69) is 4.74 Å². The Labute approximate surface area is 262 Å². The molecule has 1 aliphatic heterocycles. The summed E-state index contributed by atoms with van der Waals surface area (Å²) in [5.41, 5.74) is 4.68. The number of carbonyl (C=O) groups is 1. The molecule has 11 heteroatoms. The van der Waals surface area contributed by atoms with Crippen molar-refractivity contribution in [1.82, 2.24) is 9.97 Å². The van der Waals surface area contributed by atoms with Gasteiger partial charge in [-0.3, -0.25) is 4.98 Å². The van der Waals surface area contributed by atoms with E-state index in [9.17, 15) is 23.1 Å². The highest BCUT2D eigenvalue weighted by molar-refractivity contribution is 6.08. The fourth-order valence-corrected chi connectivity index (χ4v) is 5.75. The van der Waals surface area contributed by atoms with Crippen LogP contribution < -0.4 is 14.2 Å². The summed E-state index contributed by atoms with van der Waals surface area (Å²) in [5, 5.41) is 12.0. The summed E-state index contributed by atoms with van der Waals surface area (Å²) in [7, 11) is 0. The van der Waals surface area contributed by atoms with Gasteiger partial charge in [0.1, 0.15) is 18.1 Å². The lowest BCUT2D eigenvalue weighted by molar-refractivity contribution is -0.274. The van der Waals surface area contributed by atoms with Crippen LogP contribution in [-0.4, -0.2) is 39.6 Å². The van der Waals surface area contributed by atoms with Gasteiger partial charge in [-0.05, 0) is 92.4 Å². The molecule has 0 amide bonds. The summed E-state index contributed by atoms with van der Waals surface area (Å²) < 4.78 is 59.5.